The lowest BCUT2D eigenvalue weighted by Gasteiger charge is -2.33. The summed E-state index contributed by atoms with van der Waals surface area (Å²) in [6, 6.07) is 5.81. The highest BCUT2D eigenvalue weighted by molar-refractivity contribution is 5.99. The Kier molecular flexibility index (Phi) is 5.42. The molecule has 1 unspecified atom stereocenters. The third-order valence-electron chi connectivity index (χ3n) is 6.11. The van der Waals surface area contributed by atoms with Crippen molar-refractivity contribution in [3.8, 4) is 0 Å². The van der Waals surface area contributed by atoms with Crippen LogP contribution in [0.2, 0.25) is 0 Å². The molecule has 2 aromatic rings. The third kappa shape index (κ3) is 3.99. The Bertz CT molecular complexity index is 1170. The minimum absolute atomic E-state index is 0.153. The van der Waals surface area contributed by atoms with Gasteiger partial charge in [0.2, 0.25) is 5.60 Å². The molecule has 34 heavy (non-hydrogen) atoms. The largest absolute Gasteiger partial charge is 0.457 e. The molecule has 1 fully saturated rings. The van der Waals surface area contributed by atoms with Gasteiger partial charge in [0.05, 0.1) is 11.1 Å². The standard InChI is InChI=1S/C22H16F7NO4/c23-16-14(2-1-3-15(16)21(24,25)26)19(6-7-19)10-20(33,22(27,28)29)18(32)30-12-4-5-13-11(8-12)9-34-17(13)31/h1-5,8,33H,6-7,9-10H2,(H,30,32). The van der Waals surface area contributed by atoms with Gasteiger partial charge in [-0.25, -0.2) is 9.18 Å². The summed E-state index contributed by atoms with van der Waals surface area (Å²) in [5.74, 6) is -4.26. The molecule has 0 saturated heterocycles. The maximum Gasteiger partial charge on any atom is 0.426 e. The van der Waals surface area contributed by atoms with Crippen LogP contribution in [0.3, 0.4) is 0 Å². The zero-order valence-electron chi connectivity index (χ0n) is 17.1. The molecule has 2 N–H and O–H groups in total. The summed E-state index contributed by atoms with van der Waals surface area (Å²) in [5.41, 5.74) is -7.83. The van der Waals surface area contributed by atoms with E-state index in [2.05, 4.69) is 0 Å². The SMILES string of the molecule is O=C1OCc2cc(NC(=O)C(O)(CC3(c4cccc(C(F)(F)F)c4F)CC3)C(F)(F)F)ccc21. The number of ether oxygens (including phenoxy) is 1. The maximum atomic E-state index is 14.7. The normalized spacial score (nSPS) is 18.6. The molecule has 1 saturated carbocycles. The monoisotopic (exact) mass is 491 g/mol. The van der Waals surface area contributed by atoms with Crippen LogP contribution in [0.25, 0.3) is 0 Å². The number of anilines is 1. The number of cyclic esters (lactones) is 1. The fourth-order valence-corrected chi connectivity index (χ4v) is 4.10. The predicted octanol–water partition coefficient (Wildman–Crippen LogP) is 4.87. The lowest BCUT2D eigenvalue weighted by molar-refractivity contribution is -0.253. The van der Waals surface area contributed by atoms with E-state index in [1.54, 1.807) is 0 Å². The second kappa shape index (κ2) is 7.69. The molecule has 5 nitrogen and oxygen atoms in total. The summed E-state index contributed by atoms with van der Waals surface area (Å²) < 4.78 is 100. The van der Waals surface area contributed by atoms with E-state index >= 15 is 0 Å². The molecule has 0 bridgehead atoms. The number of carbonyl (C=O) groups excluding carboxylic acids is 2. The van der Waals surface area contributed by atoms with Gasteiger partial charge in [-0.1, -0.05) is 12.1 Å². The van der Waals surface area contributed by atoms with E-state index in [9.17, 15) is 45.4 Å². The van der Waals surface area contributed by atoms with E-state index in [0.29, 0.717) is 11.6 Å². The second-order valence-corrected chi connectivity index (χ2v) is 8.38. The van der Waals surface area contributed by atoms with Crippen molar-refractivity contribution in [2.75, 3.05) is 5.32 Å². The molecule has 2 aliphatic rings. The molecule has 0 aromatic heterocycles. The Morgan fingerprint density at radius 2 is 1.76 bits per heavy atom. The van der Waals surface area contributed by atoms with Crippen LogP contribution >= 0.6 is 0 Å². The first-order valence-electron chi connectivity index (χ1n) is 9.95. The first-order chi connectivity index (χ1) is 15.7. The van der Waals surface area contributed by atoms with Gasteiger partial charge in [-0.3, -0.25) is 4.79 Å². The summed E-state index contributed by atoms with van der Waals surface area (Å²) in [6.07, 6.45) is -12.3. The highest BCUT2D eigenvalue weighted by Gasteiger charge is 2.65. The molecular weight excluding hydrogens is 475 g/mol. The van der Waals surface area contributed by atoms with E-state index < -0.39 is 58.6 Å². The van der Waals surface area contributed by atoms with Crippen LogP contribution in [0.15, 0.2) is 36.4 Å². The first-order valence-corrected chi connectivity index (χ1v) is 9.95. The molecule has 1 amide bonds. The van der Waals surface area contributed by atoms with Crippen LogP contribution in [-0.2, 0) is 27.7 Å². The molecule has 1 heterocycles. The van der Waals surface area contributed by atoms with E-state index in [4.69, 9.17) is 4.74 Å². The van der Waals surface area contributed by atoms with Crippen molar-refractivity contribution in [1.82, 2.24) is 0 Å². The Balaban J connectivity index is 1.65. The molecule has 1 aliphatic carbocycles. The van der Waals surface area contributed by atoms with E-state index in [1.165, 1.54) is 12.1 Å². The van der Waals surface area contributed by atoms with Crippen molar-refractivity contribution in [1.29, 1.82) is 0 Å². The van der Waals surface area contributed by atoms with E-state index in [0.717, 1.165) is 18.2 Å². The van der Waals surface area contributed by atoms with Crippen LogP contribution in [0.4, 0.5) is 36.4 Å². The molecule has 0 spiro atoms. The lowest BCUT2D eigenvalue weighted by Crippen LogP contribution is -2.56. The van der Waals surface area contributed by atoms with Crippen molar-refractivity contribution in [3.63, 3.8) is 0 Å². The van der Waals surface area contributed by atoms with Crippen LogP contribution in [0.1, 0.15) is 46.3 Å². The lowest BCUT2D eigenvalue weighted by atomic mass is 9.81. The summed E-state index contributed by atoms with van der Waals surface area (Å²) >= 11 is 0. The predicted molar refractivity (Wildman–Crippen MR) is 102 cm³/mol. The number of carbonyl (C=O) groups is 2. The van der Waals surface area contributed by atoms with Crippen LogP contribution in [0.5, 0.6) is 0 Å². The van der Waals surface area contributed by atoms with E-state index in [-0.39, 0.29) is 30.7 Å². The smallest absolute Gasteiger partial charge is 0.426 e. The molecular formula is C22H16F7NO4. The second-order valence-electron chi connectivity index (χ2n) is 8.38. The van der Waals surface area contributed by atoms with Crippen molar-refractivity contribution < 1.29 is 50.2 Å². The van der Waals surface area contributed by atoms with Gasteiger partial charge in [0.15, 0.2) is 0 Å². The fraction of sp³-hybridized carbons (Fsp3) is 0.364. The molecule has 4 rings (SSSR count). The summed E-state index contributed by atoms with van der Waals surface area (Å²) in [6.45, 7) is -0.153. The number of fused-ring (bicyclic) bond motifs is 1. The third-order valence-corrected chi connectivity index (χ3v) is 6.11. The average molecular weight is 491 g/mol. The molecule has 0 radical (unpaired) electrons. The van der Waals surface area contributed by atoms with Gasteiger partial charge in [-0.05, 0) is 42.7 Å². The number of nitrogens with one attached hydrogen (secondary N) is 1. The van der Waals surface area contributed by atoms with Crippen molar-refractivity contribution in [3.05, 3.63) is 64.5 Å². The van der Waals surface area contributed by atoms with Gasteiger partial charge in [0.25, 0.3) is 5.91 Å². The average Bonchev–Trinajstić information content (AvgIpc) is 3.41. The maximum absolute atomic E-state index is 14.7. The Hall–Kier alpha value is -3.15. The van der Waals surface area contributed by atoms with Crippen molar-refractivity contribution in [2.24, 2.45) is 0 Å². The quantitative estimate of drug-likeness (QED) is 0.463. The molecule has 182 valence electrons. The number of amides is 1. The highest BCUT2D eigenvalue weighted by Crippen LogP contribution is 2.57. The van der Waals surface area contributed by atoms with Gasteiger partial charge in [0.1, 0.15) is 12.4 Å². The molecule has 12 heteroatoms. The summed E-state index contributed by atoms with van der Waals surface area (Å²) in [4.78, 5) is 24.1. The molecule has 1 aliphatic heterocycles. The number of halogens is 7. The molecule has 1 atom stereocenters. The van der Waals surface area contributed by atoms with Crippen LogP contribution in [-0.4, -0.2) is 28.8 Å². The van der Waals surface area contributed by atoms with Gasteiger partial charge in [-0.2, -0.15) is 26.3 Å². The van der Waals surface area contributed by atoms with E-state index in [1.807, 2.05) is 5.32 Å². The minimum atomic E-state index is -5.53. The number of benzene rings is 2. The number of rotatable bonds is 5. The Morgan fingerprint density at radius 1 is 1.09 bits per heavy atom. The number of hydrogen-bond donors (Lipinski definition) is 2. The van der Waals surface area contributed by atoms with Gasteiger partial charge < -0.3 is 15.2 Å². The summed E-state index contributed by atoms with van der Waals surface area (Å²) in [7, 11) is 0. The zero-order chi connectivity index (χ0) is 25.1. The number of alkyl halides is 6. The first kappa shape index (κ1) is 24.0. The fourth-order valence-electron chi connectivity index (χ4n) is 4.10. The highest BCUT2D eigenvalue weighted by atomic mass is 19.4. The Morgan fingerprint density at radius 3 is 2.35 bits per heavy atom. The topological polar surface area (TPSA) is 75.6 Å². The minimum Gasteiger partial charge on any atom is -0.457 e. The molecule has 2 aromatic carbocycles. The van der Waals surface area contributed by atoms with Gasteiger partial charge >= 0.3 is 18.3 Å². The number of hydrogen-bond acceptors (Lipinski definition) is 4. The summed E-state index contributed by atoms with van der Waals surface area (Å²) in [5, 5.41) is 12.4. The van der Waals surface area contributed by atoms with Crippen LogP contribution < -0.4 is 5.32 Å². The number of esters is 1. The zero-order valence-corrected chi connectivity index (χ0v) is 17.1. The van der Waals surface area contributed by atoms with Gasteiger partial charge in [0, 0.05) is 23.1 Å². The van der Waals surface area contributed by atoms with Crippen molar-refractivity contribution in [2.45, 2.75) is 49.2 Å². The number of aliphatic hydroxyl groups is 1. The van der Waals surface area contributed by atoms with Crippen molar-refractivity contribution >= 4 is 17.6 Å². The van der Waals surface area contributed by atoms with Gasteiger partial charge in [-0.15, -0.1) is 0 Å². The van der Waals surface area contributed by atoms with Crippen LogP contribution in [0, 0.1) is 5.82 Å². The Labute approximate surface area is 187 Å².